The molecule has 3 heteroatoms. The smallest absolute Gasteiger partial charge is 0.198 e. The molecule has 0 bridgehead atoms. The summed E-state index contributed by atoms with van der Waals surface area (Å²) in [5.41, 5.74) is 2.75. The van der Waals surface area contributed by atoms with Crippen LogP contribution in [0.5, 0.6) is 0 Å². The number of hydrogen-bond acceptors (Lipinski definition) is 1. The summed E-state index contributed by atoms with van der Waals surface area (Å²) in [7, 11) is 1.88. The number of aliphatic imine (C=N–C) groups is 1. The van der Waals surface area contributed by atoms with Crippen LogP contribution >= 0.6 is 0 Å². The van der Waals surface area contributed by atoms with Crippen LogP contribution in [0.25, 0.3) is 0 Å². The van der Waals surface area contributed by atoms with Crippen molar-refractivity contribution in [2.45, 2.75) is 31.7 Å². The van der Waals surface area contributed by atoms with Gasteiger partial charge in [-0.15, -0.1) is 0 Å². The highest BCUT2D eigenvalue weighted by Crippen LogP contribution is 2.28. The Hall–Kier alpha value is -1.51. The summed E-state index contributed by atoms with van der Waals surface area (Å²) in [6.07, 6.45) is 5.05. The number of anilines is 1. The van der Waals surface area contributed by atoms with E-state index >= 15 is 0 Å². The number of hydrogen-bond donors (Lipinski definition) is 1. The van der Waals surface area contributed by atoms with Crippen LogP contribution in [0.4, 0.5) is 5.69 Å². The Morgan fingerprint density at radius 1 is 1.35 bits per heavy atom. The van der Waals surface area contributed by atoms with Crippen LogP contribution in [0.2, 0.25) is 0 Å². The molecule has 0 atom stereocenters. The Morgan fingerprint density at radius 3 is 2.88 bits per heavy atom. The van der Waals surface area contributed by atoms with E-state index in [9.17, 15) is 0 Å². The maximum atomic E-state index is 4.42. The fraction of sp³-hybridized carbons (Fsp3) is 0.500. The second kappa shape index (κ2) is 4.40. The van der Waals surface area contributed by atoms with Gasteiger partial charge in [-0.3, -0.25) is 4.99 Å². The van der Waals surface area contributed by atoms with Gasteiger partial charge in [0.25, 0.3) is 0 Å². The van der Waals surface area contributed by atoms with Gasteiger partial charge in [0.05, 0.1) is 0 Å². The lowest BCUT2D eigenvalue weighted by atomic mass is 9.93. The van der Waals surface area contributed by atoms with Crippen molar-refractivity contribution in [2.24, 2.45) is 4.99 Å². The molecule has 3 rings (SSSR count). The van der Waals surface area contributed by atoms with Gasteiger partial charge in [-0.05, 0) is 37.3 Å². The predicted octanol–water partition coefficient (Wildman–Crippen LogP) is 2.18. The molecule has 1 aliphatic carbocycles. The number of nitrogens with one attached hydrogen (secondary N) is 1. The molecule has 1 heterocycles. The minimum Gasteiger partial charge on any atom is -0.353 e. The standard InChI is InChI=1S/C14H19N3/c1-15-14(16-12-6-4-7-12)17-10-9-11-5-2-3-8-13(11)17/h2-3,5,8,12H,4,6-7,9-10H2,1H3,(H,15,16). The Labute approximate surface area is 103 Å². The van der Waals surface area contributed by atoms with Crippen LogP contribution in [0.3, 0.4) is 0 Å². The summed E-state index contributed by atoms with van der Waals surface area (Å²) in [5.74, 6) is 1.04. The van der Waals surface area contributed by atoms with Gasteiger partial charge in [0.15, 0.2) is 5.96 Å². The van der Waals surface area contributed by atoms with Crippen molar-refractivity contribution in [3.8, 4) is 0 Å². The molecule has 3 nitrogen and oxygen atoms in total. The average molecular weight is 229 g/mol. The molecule has 17 heavy (non-hydrogen) atoms. The highest BCUT2D eigenvalue weighted by Gasteiger charge is 2.25. The second-order valence-electron chi connectivity index (χ2n) is 4.85. The van der Waals surface area contributed by atoms with E-state index in [-0.39, 0.29) is 0 Å². The van der Waals surface area contributed by atoms with Gasteiger partial charge in [0.2, 0.25) is 0 Å². The third-order valence-electron chi connectivity index (χ3n) is 3.79. The Kier molecular flexibility index (Phi) is 2.75. The first-order valence-corrected chi connectivity index (χ1v) is 6.47. The largest absolute Gasteiger partial charge is 0.353 e. The van der Waals surface area contributed by atoms with Crippen molar-refractivity contribution in [3.05, 3.63) is 29.8 Å². The lowest BCUT2D eigenvalue weighted by molar-refractivity contribution is 0.381. The van der Waals surface area contributed by atoms with E-state index < -0.39 is 0 Å². The number of nitrogens with zero attached hydrogens (tertiary/aromatic N) is 2. The molecule has 1 aliphatic heterocycles. The fourth-order valence-corrected chi connectivity index (χ4v) is 2.56. The molecule has 0 amide bonds. The first-order valence-electron chi connectivity index (χ1n) is 6.47. The van der Waals surface area contributed by atoms with Crippen LogP contribution < -0.4 is 10.2 Å². The van der Waals surface area contributed by atoms with Crippen molar-refractivity contribution in [3.63, 3.8) is 0 Å². The van der Waals surface area contributed by atoms with Gasteiger partial charge in [-0.2, -0.15) is 0 Å². The van der Waals surface area contributed by atoms with Gasteiger partial charge >= 0.3 is 0 Å². The molecule has 1 aromatic rings. The van der Waals surface area contributed by atoms with E-state index in [1.54, 1.807) is 0 Å². The number of para-hydroxylation sites is 1. The Morgan fingerprint density at radius 2 is 2.18 bits per heavy atom. The molecular weight excluding hydrogens is 210 g/mol. The molecule has 0 spiro atoms. The maximum absolute atomic E-state index is 4.42. The number of fused-ring (bicyclic) bond motifs is 1. The third kappa shape index (κ3) is 1.90. The number of rotatable bonds is 1. The van der Waals surface area contributed by atoms with Gasteiger partial charge in [-0.25, -0.2) is 0 Å². The second-order valence-corrected chi connectivity index (χ2v) is 4.85. The molecular formula is C14H19N3. The SMILES string of the molecule is CN=C(NC1CCC1)N1CCc2ccccc21. The van der Waals surface area contributed by atoms with Crippen molar-refractivity contribution in [1.82, 2.24) is 5.32 Å². The van der Waals surface area contributed by atoms with Crippen LogP contribution in [0.15, 0.2) is 29.3 Å². The Balaban J connectivity index is 1.79. The zero-order chi connectivity index (χ0) is 11.7. The minimum atomic E-state index is 0.640. The van der Waals surface area contributed by atoms with Crippen molar-refractivity contribution in [2.75, 3.05) is 18.5 Å². The third-order valence-corrected chi connectivity index (χ3v) is 3.79. The molecule has 1 saturated carbocycles. The normalized spacial score (nSPS) is 20.1. The molecule has 0 saturated heterocycles. The van der Waals surface area contributed by atoms with E-state index in [0.717, 1.165) is 18.9 Å². The van der Waals surface area contributed by atoms with Crippen LogP contribution in [-0.4, -0.2) is 25.6 Å². The minimum absolute atomic E-state index is 0.640. The molecule has 0 aromatic heterocycles. The zero-order valence-electron chi connectivity index (χ0n) is 10.3. The molecule has 1 fully saturated rings. The lowest BCUT2D eigenvalue weighted by Crippen LogP contribution is -2.48. The first kappa shape index (κ1) is 10.6. The molecule has 1 aromatic carbocycles. The van der Waals surface area contributed by atoms with Gasteiger partial charge in [-0.1, -0.05) is 18.2 Å². The van der Waals surface area contributed by atoms with Crippen LogP contribution in [0, 0.1) is 0 Å². The van der Waals surface area contributed by atoms with Gasteiger partial charge in [0.1, 0.15) is 0 Å². The zero-order valence-corrected chi connectivity index (χ0v) is 10.3. The van der Waals surface area contributed by atoms with Crippen molar-refractivity contribution < 1.29 is 0 Å². The monoisotopic (exact) mass is 229 g/mol. The highest BCUT2D eigenvalue weighted by molar-refractivity contribution is 5.98. The van der Waals surface area contributed by atoms with Crippen molar-refractivity contribution in [1.29, 1.82) is 0 Å². The van der Waals surface area contributed by atoms with Crippen LogP contribution in [0.1, 0.15) is 24.8 Å². The van der Waals surface area contributed by atoms with Gasteiger partial charge in [0, 0.05) is 25.3 Å². The van der Waals surface area contributed by atoms with E-state index in [4.69, 9.17) is 0 Å². The van der Waals surface area contributed by atoms with E-state index in [0.29, 0.717) is 6.04 Å². The van der Waals surface area contributed by atoms with E-state index in [1.165, 1.54) is 30.5 Å². The first-order chi connectivity index (χ1) is 8.38. The van der Waals surface area contributed by atoms with Crippen LogP contribution in [-0.2, 0) is 6.42 Å². The fourth-order valence-electron chi connectivity index (χ4n) is 2.56. The topological polar surface area (TPSA) is 27.6 Å². The summed E-state index contributed by atoms with van der Waals surface area (Å²) < 4.78 is 0. The number of guanidine groups is 1. The summed E-state index contributed by atoms with van der Waals surface area (Å²) in [6, 6.07) is 9.27. The highest BCUT2D eigenvalue weighted by atomic mass is 15.3. The lowest BCUT2D eigenvalue weighted by Gasteiger charge is -2.31. The molecule has 0 unspecified atom stereocenters. The molecule has 2 aliphatic rings. The summed E-state index contributed by atoms with van der Waals surface area (Å²) in [4.78, 5) is 6.74. The average Bonchev–Trinajstić information content (AvgIpc) is 2.72. The predicted molar refractivity (Wildman–Crippen MR) is 71.6 cm³/mol. The van der Waals surface area contributed by atoms with E-state index in [2.05, 4.69) is 39.5 Å². The maximum Gasteiger partial charge on any atom is 0.198 e. The summed E-state index contributed by atoms with van der Waals surface area (Å²) in [5, 5.41) is 3.56. The van der Waals surface area contributed by atoms with Gasteiger partial charge < -0.3 is 10.2 Å². The summed E-state index contributed by atoms with van der Waals surface area (Å²) in [6.45, 7) is 1.05. The van der Waals surface area contributed by atoms with Crippen molar-refractivity contribution >= 4 is 11.6 Å². The molecule has 1 N–H and O–H groups in total. The number of benzene rings is 1. The quantitative estimate of drug-likeness (QED) is 0.590. The summed E-state index contributed by atoms with van der Waals surface area (Å²) >= 11 is 0. The molecule has 0 radical (unpaired) electrons. The molecule has 90 valence electrons. The van der Waals surface area contributed by atoms with E-state index in [1.807, 2.05) is 7.05 Å². The Bertz CT molecular complexity index is 435.